The van der Waals surface area contributed by atoms with Crippen molar-refractivity contribution in [2.75, 3.05) is 0 Å². The second kappa shape index (κ2) is 6.18. The van der Waals surface area contributed by atoms with Crippen LogP contribution in [0.5, 0.6) is 5.75 Å². The molecule has 1 aromatic rings. The number of allylic oxidation sites excluding steroid dienone is 1. The first kappa shape index (κ1) is 14.6. The van der Waals surface area contributed by atoms with E-state index in [1.165, 1.54) is 18.9 Å². The van der Waals surface area contributed by atoms with Crippen molar-refractivity contribution >= 4 is 17.7 Å². The molecule has 1 heterocycles. The van der Waals surface area contributed by atoms with Gasteiger partial charge in [-0.15, -0.1) is 0 Å². The van der Waals surface area contributed by atoms with Crippen molar-refractivity contribution in [1.29, 1.82) is 0 Å². The van der Waals surface area contributed by atoms with Crippen LogP contribution in [0.1, 0.15) is 44.6 Å². The molecule has 0 unspecified atom stereocenters. The summed E-state index contributed by atoms with van der Waals surface area (Å²) in [5.41, 5.74) is 2.73. The molecule has 0 amide bonds. The molecule has 4 nitrogen and oxygen atoms in total. The summed E-state index contributed by atoms with van der Waals surface area (Å²) in [5.74, 6) is 0.430. The van der Waals surface area contributed by atoms with Crippen LogP contribution in [0.4, 0.5) is 0 Å². The number of benzene rings is 1. The summed E-state index contributed by atoms with van der Waals surface area (Å²) in [6.07, 6.45) is 7.34. The third-order valence-electron chi connectivity index (χ3n) is 3.94. The van der Waals surface area contributed by atoms with Crippen molar-refractivity contribution in [3.05, 3.63) is 47.1 Å². The molecule has 0 spiro atoms. The van der Waals surface area contributed by atoms with Crippen LogP contribution in [0.15, 0.2) is 41.5 Å². The lowest BCUT2D eigenvalue weighted by Gasteiger charge is -2.14. The summed E-state index contributed by atoms with van der Waals surface area (Å²) in [6, 6.07) is 6.95. The van der Waals surface area contributed by atoms with E-state index in [1.54, 1.807) is 24.3 Å². The van der Waals surface area contributed by atoms with Crippen LogP contribution in [0.3, 0.4) is 0 Å². The van der Waals surface area contributed by atoms with Crippen LogP contribution < -0.4 is 4.74 Å². The SMILES string of the molecule is CC(=O)Oc1ccc(C2=CC(=C3CCCCC3)C(=O)O2)cc1. The Kier molecular flexibility index (Phi) is 4.09. The lowest BCUT2D eigenvalue weighted by atomic mass is 9.91. The Balaban J connectivity index is 1.83. The van der Waals surface area contributed by atoms with Crippen LogP contribution in [0, 0.1) is 0 Å². The Bertz CT molecular complexity index is 657. The average Bonchev–Trinajstić information content (AvgIpc) is 2.90. The zero-order chi connectivity index (χ0) is 15.5. The van der Waals surface area contributed by atoms with Crippen molar-refractivity contribution in [3.63, 3.8) is 0 Å². The summed E-state index contributed by atoms with van der Waals surface area (Å²) < 4.78 is 10.4. The molecule has 1 aliphatic carbocycles. The summed E-state index contributed by atoms with van der Waals surface area (Å²) in [4.78, 5) is 23.0. The van der Waals surface area contributed by atoms with Gasteiger partial charge in [0.2, 0.25) is 0 Å². The molecule has 2 aliphatic rings. The first-order valence-corrected chi connectivity index (χ1v) is 7.58. The van der Waals surface area contributed by atoms with Crippen LogP contribution in [-0.4, -0.2) is 11.9 Å². The first-order chi connectivity index (χ1) is 10.6. The minimum atomic E-state index is -0.358. The predicted octanol–water partition coefficient (Wildman–Crippen LogP) is 3.77. The molecule has 0 bridgehead atoms. The van der Waals surface area contributed by atoms with Crippen molar-refractivity contribution in [2.24, 2.45) is 0 Å². The molecule has 0 atom stereocenters. The van der Waals surface area contributed by atoms with E-state index in [0.717, 1.165) is 36.8 Å². The molecule has 114 valence electrons. The van der Waals surface area contributed by atoms with E-state index in [-0.39, 0.29) is 11.9 Å². The predicted molar refractivity (Wildman–Crippen MR) is 81.9 cm³/mol. The molecule has 4 heteroatoms. The Morgan fingerprint density at radius 1 is 1.09 bits per heavy atom. The van der Waals surface area contributed by atoms with Crippen molar-refractivity contribution in [2.45, 2.75) is 39.0 Å². The van der Waals surface area contributed by atoms with E-state index in [0.29, 0.717) is 11.5 Å². The molecule has 1 saturated carbocycles. The zero-order valence-corrected chi connectivity index (χ0v) is 12.6. The van der Waals surface area contributed by atoms with Crippen LogP contribution in [-0.2, 0) is 14.3 Å². The maximum absolute atomic E-state index is 12.1. The monoisotopic (exact) mass is 298 g/mol. The fraction of sp³-hybridized carbons (Fsp3) is 0.333. The van der Waals surface area contributed by atoms with Crippen LogP contribution in [0.25, 0.3) is 5.76 Å². The van der Waals surface area contributed by atoms with E-state index in [1.807, 2.05) is 6.08 Å². The minimum absolute atomic E-state index is 0.254. The largest absolute Gasteiger partial charge is 0.427 e. The van der Waals surface area contributed by atoms with Crippen molar-refractivity contribution in [1.82, 2.24) is 0 Å². The quantitative estimate of drug-likeness (QED) is 0.474. The summed E-state index contributed by atoms with van der Waals surface area (Å²) in [5, 5.41) is 0. The first-order valence-electron chi connectivity index (χ1n) is 7.58. The van der Waals surface area contributed by atoms with Gasteiger partial charge < -0.3 is 9.47 Å². The highest BCUT2D eigenvalue weighted by atomic mass is 16.5. The number of carbonyl (C=O) groups excluding carboxylic acids is 2. The molecule has 1 aliphatic heterocycles. The number of ether oxygens (including phenoxy) is 2. The fourth-order valence-corrected chi connectivity index (χ4v) is 2.86. The second-order valence-corrected chi connectivity index (χ2v) is 5.59. The molecule has 1 fully saturated rings. The maximum atomic E-state index is 12.1. The highest BCUT2D eigenvalue weighted by Gasteiger charge is 2.25. The van der Waals surface area contributed by atoms with Gasteiger partial charge in [0.25, 0.3) is 0 Å². The van der Waals surface area contributed by atoms with E-state index in [9.17, 15) is 9.59 Å². The lowest BCUT2D eigenvalue weighted by Crippen LogP contribution is -2.04. The number of rotatable bonds is 2. The number of esters is 2. The summed E-state index contributed by atoms with van der Waals surface area (Å²) in [6.45, 7) is 1.36. The van der Waals surface area contributed by atoms with E-state index < -0.39 is 0 Å². The molecule has 0 saturated heterocycles. The smallest absolute Gasteiger partial charge is 0.343 e. The van der Waals surface area contributed by atoms with Gasteiger partial charge in [-0.05, 0) is 56.0 Å². The number of cyclic esters (lactones) is 1. The standard InChI is InChI=1S/C18H18O4/c1-12(19)21-15-9-7-14(8-10-15)17-11-16(18(20)22-17)13-5-3-2-4-6-13/h7-11H,2-6H2,1H3. The van der Waals surface area contributed by atoms with Crippen molar-refractivity contribution < 1.29 is 19.1 Å². The van der Waals surface area contributed by atoms with Crippen molar-refractivity contribution in [3.8, 4) is 5.75 Å². The van der Waals surface area contributed by atoms with Gasteiger partial charge in [-0.25, -0.2) is 4.79 Å². The van der Waals surface area contributed by atoms with Gasteiger partial charge in [0, 0.05) is 12.5 Å². The number of hydrogen-bond acceptors (Lipinski definition) is 4. The fourth-order valence-electron chi connectivity index (χ4n) is 2.86. The third-order valence-corrected chi connectivity index (χ3v) is 3.94. The highest BCUT2D eigenvalue weighted by molar-refractivity contribution is 6.02. The topological polar surface area (TPSA) is 52.6 Å². The summed E-state index contributed by atoms with van der Waals surface area (Å²) in [7, 11) is 0. The zero-order valence-electron chi connectivity index (χ0n) is 12.6. The number of hydrogen-bond donors (Lipinski definition) is 0. The van der Waals surface area contributed by atoms with Gasteiger partial charge >= 0.3 is 11.9 Å². The molecule has 0 aromatic heterocycles. The molecule has 1 aromatic carbocycles. The highest BCUT2D eigenvalue weighted by Crippen LogP contribution is 2.33. The van der Waals surface area contributed by atoms with E-state index >= 15 is 0 Å². The van der Waals surface area contributed by atoms with Gasteiger partial charge in [0.15, 0.2) is 0 Å². The molecular formula is C18H18O4. The van der Waals surface area contributed by atoms with Gasteiger partial charge in [-0.2, -0.15) is 0 Å². The Morgan fingerprint density at radius 2 is 1.77 bits per heavy atom. The van der Waals surface area contributed by atoms with Crippen LogP contribution >= 0.6 is 0 Å². The molecule has 22 heavy (non-hydrogen) atoms. The Hall–Kier alpha value is -2.36. The van der Waals surface area contributed by atoms with Gasteiger partial charge in [-0.1, -0.05) is 12.0 Å². The average molecular weight is 298 g/mol. The third kappa shape index (κ3) is 3.11. The molecular weight excluding hydrogens is 280 g/mol. The second-order valence-electron chi connectivity index (χ2n) is 5.59. The van der Waals surface area contributed by atoms with Crippen LogP contribution in [0.2, 0.25) is 0 Å². The Morgan fingerprint density at radius 3 is 2.41 bits per heavy atom. The molecule has 0 radical (unpaired) electrons. The summed E-state index contributed by atoms with van der Waals surface area (Å²) >= 11 is 0. The normalized spacial score (nSPS) is 18.0. The minimum Gasteiger partial charge on any atom is -0.427 e. The Labute approximate surface area is 129 Å². The molecule has 3 rings (SSSR count). The van der Waals surface area contributed by atoms with Gasteiger partial charge in [0.1, 0.15) is 11.5 Å². The van der Waals surface area contributed by atoms with Gasteiger partial charge in [0.05, 0.1) is 5.57 Å². The van der Waals surface area contributed by atoms with E-state index in [4.69, 9.17) is 9.47 Å². The van der Waals surface area contributed by atoms with E-state index in [2.05, 4.69) is 0 Å². The molecule has 0 N–H and O–H groups in total. The number of carbonyl (C=O) groups is 2. The lowest BCUT2D eigenvalue weighted by molar-refractivity contribution is -0.132. The maximum Gasteiger partial charge on any atom is 0.343 e. The van der Waals surface area contributed by atoms with Gasteiger partial charge in [-0.3, -0.25) is 4.79 Å².